The van der Waals surface area contributed by atoms with E-state index in [2.05, 4.69) is 4.98 Å². The summed E-state index contributed by atoms with van der Waals surface area (Å²) >= 11 is 0. The van der Waals surface area contributed by atoms with E-state index < -0.39 is 5.91 Å². The van der Waals surface area contributed by atoms with E-state index in [1.165, 1.54) is 0 Å². The minimum absolute atomic E-state index is 0.224. The number of fused-ring (bicyclic) bond motifs is 1. The van der Waals surface area contributed by atoms with Crippen molar-refractivity contribution in [3.8, 4) is 5.75 Å². The zero-order valence-electron chi connectivity index (χ0n) is 8.93. The highest BCUT2D eigenvalue weighted by Gasteiger charge is 2.09. The summed E-state index contributed by atoms with van der Waals surface area (Å²) in [5, 5.41) is 0.884. The number of aromatic nitrogens is 1. The van der Waals surface area contributed by atoms with Gasteiger partial charge >= 0.3 is 0 Å². The third-order valence-electron chi connectivity index (χ3n) is 2.23. The van der Waals surface area contributed by atoms with E-state index in [1.54, 1.807) is 6.07 Å². The van der Waals surface area contributed by atoms with E-state index in [1.807, 2.05) is 31.2 Å². The van der Waals surface area contributed by atoms with E-state index in [-0.39, 0.29) is 5.69 Å². The summed E-state index contributed by atoms with van der Waals surface area (Å²) in [5.74, 6) is 0.0913. The fourth-order valence-corrected chi connectivity index (χ4v) is 1.54. The average molecular weight is 216 g/mol. The van der Waals surface area contributed by atoms with Crippen LogP contribution in [0, 0.1) is 0 Å². The lowest BCUT2D eigenvalue weighted by Crippen LogP contribution is -2.13. The molecule has 4 nitrogen and oxygen atoms in total. The van der Waals surface area contributed by atoms with Crippen LogP contribution < -0.4 is 10.5 Å². The molecule has 0 saturated heterocycles. The number of amides is 1. The molecule has 0 atom stereocenters. The minimum Gasteiger partial charge on any atom is -0.493 e. The first-order valence-corrected chi connectivity index (χ1v) is 5.04. The van der Waals surface area contributed by atoms with E-state index >= 15 is 0 Å². The van der Waals surface area contributed by atoms with Crippen LogP contribution in [0.1, 0.15) is 17.4 Å². The summed E-state index contributed by atoms with van der Waals surface area (Å²) in [6, 6.07) is 9.06. The lowest BCUT2D eigenvalue weighted by molar-refractivity contribution is 0.0995. The van der Waals surface area contributed by atoms with Gasteiger partial charge in [0, 0.05) is 11.5 Å². The number of carbonyl (C=O) groups is 1. The second-order valence-electron chi connectivity index (χ2n) is 3.32. The Kier molecular flexibility index (Phi) is 2.72. The summed E-state index contributed by atoms with van der Waals surface area (Å²) in [5.41, 5.74) is 6.15. The van der Waals surface area contributed by atoms with Crippen LogP contribution in [0.3, 0.4) is 0 Å². The largest absolute Gasteiger partial charge is 0.493 e. The van der Waals surface area contributed by atoms with E-state index in [0.717, 1.165) is 5.39 Å². The fourth-order valence-electron chi connectivity index (χ4n) is 1.54. The van der Waals surface area contributed by atoms with Crippen LogP contribution in [0.15, 0.2) is 30.3 Å². The van der Waals surface area contributed by atoms with Gasteiger partial charge < -0.3 is 10.5 Å². The number of primary amides is 1. The Morgan fingerprint density at radius 1 is 1.44 bits per heavy atom. The Labute approximate surface area is 93.0 Å². The van der Waals surface area contributed by atoms with E-state index in [4.69, 9.17) is 10.5 Å². The van der Waals surface area contributed by atoms with Crippen molar-refractivity contribution in [2.24, 2.45) is 5.73 Å². The highest BCUT2D eigenvalue weighted by Crippen LogP contribution is 2.25. The molecule has 1 aromatic carbocycles. The maximum absolute atomic E-state index is 11.1. The van der Waals surface area contributed by atoms with E-state index in [9.17, 15) is 4.79 Å². The van der Waals surface area contributed by atoms with Gasteiger partial charge in [-0.3, -0.25) is 4.79 Å². The minimum atomic E-state index is -0.549. The van der Waals surface area contributed by atoms with Gasteiger partial charge in [-0.15, -0.1) is 0 Å². The molecule has 2 N–H and O–H groups in total. The molecule has 0 bridgehead atoms. The Morgan fingerprint density at radius 3 is 2.88 bits per heavy atom. The first kappa shape index (κ1) is 10.4. The summed E-state index contributed by atoms with van der Waals surface area (Å²) in [6.45, 7) is 2.42. The molecule has 4 heteroatoms. The van der Waals surface area contributed by atoms with Crippen molar-refractivity contribution in [3.05, 3.63) is 36.0 Å². The number of carbonyl (C=O) groups excluding carboxylic acids is 1. The molecule has 0 spiro atoms. The molecule has 0 aliphatic carbocycles. The number of rotatable bonds is 3. The molecule has 1 aromatic heterocycles. The van der Waals surface area contributed by atoms with Gasteiger partial charge in [0.05, 0.1) is 12.1 Å². The normalized spacial score (nSPS) is 10.3. The number of ether oxygens (including phenoxy) is 1. The molecule has 16 heavy (non-hydrogen) atoms. The smallest absolute Gasteiger partial charge is 0.267 e. The quantitative estimate of drug-likeness (QED) is 0.849. The van der Waals surface area contributed by atoms with Crippen LogP contribution >= 0.6 is 0 Å². The van der Waals surface area contributed by atoms with Gasteiger partial charge in [0.2, 0.25) is 0 Å². The zero-order chi connectivity index (χ0) is 11.5. The van der Waals surface area contributed by atoms with Crippen LogP contribution in [0.25, 0.3) is 10.9 Å². The number of hydrogen-bond donors (Lipinski definition) is 1. The molecule has 0 saturated carbocycles. The van der Waals surface area contributed by atoms with Gasteiger partial charge in [-0.05, 0) is 19.1 Å². The Balaban J connectivity index is 2.68. The molecule has 0 radical (unpaired) electrons. The molecule has 2 rings (SSSR count). The number of nitrogens with zero attached hydrogens (tertiary/aromatic N) is 1. The van der Waals surface area contributed by atoms with Crippen LogP contribution in [0.2, 0.25) is 0 Å². The third-order valence-corrected chi connectivity index (χ3v) is 2.23. The maximum atomic E-state index is 11.1. The SMILES string of the molecule is CCOc1cc(C(N)=O)nc2ccccc12. The van der Waals surface area contributed by atoms with Gasteiger partial charge in [0.1, 0.15) is 11.4 Å². The molecular weight excluding hydrogens is 204 g/mol. The monoisotopic (exact) mass is 216 g/mol. The van der Waals surface area contributed by atoms with Gasteiger partial charge in [-0.25, -0.2) is 4.98 Å². The van der Waals surface area contributed by atoms with Crippen molar-refractivity contribution in [2.75, 3.05) is 6.61 Å². The summed E-state index contributed by atoms with van der Waals surface area (Å²) in [7, 11) is 0. The number of benzene rings is 1. The van der Waals surface area contributed by atoms with Gasteiger partial charge in [0.15, 0.2) is 0 Å². The Morgan fingerprint density at radius 2 is 2.19 bits per heavy atom. The number of para-hydroxylation sites is 1. The topological polar surface area (TPSA) is 65.2 Å². The molecule has 82 valence electrons. The van der Waals surface area contributed by atoms with Crippen molar-refractivity contribution >= 4 is 16.8 Å². The van der Waals surface area contributed by atoms with Crippen molar-refractivity contribution < 1.29 is 9.53 Å². The first-order valence-electron chi connectivity index (χ1n) is 5.04. The molecule has 0 unspecified atom stereocenters. The molecular formula is C12H12N2O2. The lowest BCUT2D eigenvalue weighted by Gasteiger charge is -2.08. The van der Waals surface area contributed by atoms with Crippen LogP contribution in [0.5, 0.6) is 5.75 Å². The van der Waals surface area contributed by atoms with E-state index in [0.29, 0.717) is 17.9 Å². The molecule has 1 heterocycles. The molecule has 0 aliphatic rings. The van der Waals surface area contributed by atoms with Crippen molar-refractivity contribution in [1.82, 2.24) is 4.98 Å². The number of nitrogens with two attached hydrogens (primary N) is 1. The van der Waals surface area contributed by atoms with Crippen LogP contribution in [-0.2, 0) is 0 Å². The molecule has 1 amide bonds. The van der Waals surface area contributed by atoms with Gasteiger partial charge in [0.25, 0.3) is 5.91 Å². The Hall–Kier alpha value is -2.10. The fraction of sp³-hybridized carbons (Fsp3) is 0.167. The zero-order valence-corrected chi connectivity index (χ0v) is 8.93. The second-order valence-corrected chi connectivity index (χ2v) is 3.32. The summed E-state index contributed by atoms with van der Waals surface area (Å²) in [6.07, 6.45) is 0. The number of pyridine rings is 1. The second kappa shape index (κ2) is 4.18. The van der Waals surface area contributed by atoms with Crippen molar-refractivity contribution in [2.45, 2.75) is 6.92 Å². The van der Waals surface area contributed by atoms with Crippen molar-refractivity contribution in [3.63, 3.8) is 0 Å². The van der Waals surface area contributed by atoms with Crippen LogP contribution in [-0.4, -0.2) is 17.5 Å². The third kappa shape index (κ3) is 1.82. The van der Waals surface area contributed by atoms with Gasteiger partial charge in [-0.1, -0.05) is 12.1 Å². The van der Waals surface area contributed by atoms with Crippen molar-refractivity contribution in [1.29, 1.82) is 0 Å². The maximum Gasteiger partial charge on any atom is 0.267 e. The standard InChI is InChI=1S/C12H12N2O2/c1-2-16-11-7-10(12(13)15)14-9-6-4-3-5-8(9)11/h3-7H,2H2,1H3,(H2,13,15). The summed E-state index contributed by atoms with van der Waals surface area (Å²) < 4.78 is 5.46. The number of hydrogen-bond acceptors (Lipinski definition) is 3. The first-order chi connectivity index (χ1) is 7.72. The average Bonchev–Trinajstić information content (AvgIpc) is 2.29. The molecule has 0 fully saturated rings. The highest BCUT2D eigenvalue weighted by molar-refractivity contribution is 5.96. The predicted molar refractivity (Wildman–Crippen MR) is 61.4 cm³/mol. The Bertz CT molecular complexity index is 538. The molecule has 0 aliphatic heterocycles. The van der Waals surface area contributed by atoms with Crippen LogP contribution in [0.4, 0.5) is 0 Å². The predicted octanol–water partition coefficient (Wildman–Crippen LogP) is 1.73. The summed E-state index contributed by atoms with van der Waals surface area (Å²) in [4.78, 5) is 15.3. The molecule has 2 aromatic rings. The highest BCUT2D eigenvalue weighted by atomic mass is 16.5. The van der Waals surface area contributed by atoms with Gasteiger partial charge in [-0.2, -0.15) is 0 Å². The lowest BCUT2D eigenvalue weighted by atomic mass is 10.2.